The van der Waals surface area contributed by atoms with Gasteiger partial charge in [-0.15, -0.1) is 5.10 Å². The van der Waals surface area contributed by atoms with Gasteiger partial charge in [-0.3, -0.25) is 15.6 Å². The summed E-state index contributed by atoms with van der Waals surface area (Å²) in [5.74, 6) is -0.693. The Morgan fingerprint density at radius 3 is 2.67 bits per heavy atom. The van der Waals surface area contributed by atoms with Gasteiger partial charge in [0.15, 0.2) is 5.69 Å². The molecule has 0 spiro atoms. The standard InChI is InChI=1S/C16H17FN8O2/c1-3-4-12-13(20-24-25(12)15-14(18)22-27-23-15)16(26)21-19-9(2)10-5-7-11(17)8-6-10/h5-8,19H,2-4H2,1H3,(H2,18,22)(H,21,26). The lowest BCUT2D eigenvalue weighted by Gasteiger charge is -2.11. The van der Waals surface area contributed by atoms with Gasteiger partial charge in [-0.2, -0.15) is 4.68 Å². The Morgan fingerprint density at radius 2 is 2.04 bits per heavy atom. The second-order valence-corrected chi connectivity index (χ2v) is 5.58. The molecule has 2 aromatic heterocycles. The Hall–Kier alpha value is -3.76. The molecule has 3 aromatic rings. The molecule has 1 aromatic carbocycles. The van der Waals surface area contributed by atoms with E-state index in [1.807, 2.05) is 6.92 Å². The van der Waals surface area contributed by atoms with Crippen LogP contribution in [0.15, 0.2) is 35.5 Å². The number of aromatic nitrogens is 5. The predicted molar refractivity (Wildman–Crippen MR) is 93.7 cm³/mol. The Kier molecular flexibility index (Phi) is 5.11. The van der Waals surface area contributed by atoms with Crippen molar-refractivity contribution >= 4 is 17.4 Å². The van der Waals surface area contributed by atoms with Gasteiger partial charge >= 0.3 is 0 Å². The molecule has 0 aliphatic rings. The first kappa shape index (κ1) is 18.0. The number of halogens is 1. The lowest BCUT2D eigenvalue weighted by molar-refractivity contribution is 0.0936. The van der Waals surface area contributed by atoms with Crippen LogP contribution in [0, 0.1) is 5.82 Å². The molecule has 1 amide bonds. The third kappa shape index (κ3) is 3.76. The summed E-state index contributed by atoms with van der Waals surface area (Å²) < 4.78 is 18.9. The molecule has 0 aliphatic heterocycles. The van der Waals surface area contributed by atoms with Crippen LogP contribution >= 0.6 is 0 Å². The topological polar surface area (TPSA) is 137 Å². The summed E-state index contributed by atoms with van der Waals surface area (Å²) in [6.45, 7) is 5.74. The van der Waals surface area contributed by atoms with Crippen molar-refractivity contribution in [1.82, 2.24) is 36.2 Å². The number of nitrogens with zero attached hydrogens (tertiary/aromatic N) is 5. The lowest BCUT2D eigenvalue weighted by atomic mass is 10.2. The number of hydrazine groups is 1. The van der Waals surface area contributed by atoms with Crippen LogP contribution in [0.5, 0.6) is 0 Å². The van der Waals surface area contributed by atoms with E-state index in [1.54, 1.807) is 0 Å². The molecule has 0 saturated heterocycles. The van der Waals surface area contributed by atoms with Gasteiger partial charge in [0, 0.05) is 0 Å². The van der Waals surface area contributed by atoms with Gasteiger partial charge in [0.2, 0.25) is 11.6 Å². The fraction of sp³-hybridized carbons (Fsp3) is 0.188. The number of rotatable bonds is 7. The number of amides is 1. The summed E-state index contributed by atoms with van der Waals surface area (Å²) in [5.41, 5.74) is 12.5. The summed E-state index contributed by atoms with van der Waals surface area (Å²) in [6, 6.07) is 5.67. The van der Waals surface area contributed by atoms with Gasteiger partial charge in [0.1, 0.15) is 5.82 Å². The zero-order valence-corrected chi connectivity index (χ0v) is 14.4. The van der Waals surface area contributed by atoms with Crippen LogP contribution in [0.2, 0.25) is 0 Å². The molecule has 0 saturated carbocycles. The number of nitrogens with two attached hydrogens (primary N) is 1. The van der Waals surface area contributed by atoms with Crippen molar-refractivity contribution in [3.05, 3.63) is 53.6 Å². The predicted octanol–water partition coefficient (Wildman–Crippen LogP) is 1.23. The molecule has 10 nitrogen and oxygen atoms in total. The summed E-state index contributed by atoms with van der Waals surface area (Å²) in [5, 5.41) is 15.0. The third-order valence-electron chi connectivity index (χ3n) is 3.68. The number of carbonyl (C=O) groups is 1. The Balaban J connectivity index is 1.76. The Morgan fingerprint density at radius 1 is 1.30 bits per heavy atom. The van der Waals surface area contributed by atoms with Crippen LogP contribution in [-0.4, -0.2) is 31.2 Å². The molecule has 140 valence electrons. The maximum atomic E-state index is 13.0. The van der Waals surface area contributed by atoms with E-state index in [-0.39, 0.29) is 23.1 Å². The second-order valence-electron chi connectivity index (χ2n) is 5.58. The molecule has 0 aliphatic carbocycles. The molecule has 2 heterocycles. The minimum Gasteiger partial charge on any atom is -0.378 e. The van der Waals surface area contributed by atoms with Gasteiger partial charge < -0.3 is 5.73 Å². The van der Waals surface area contributed by atoms with Gasteiger partial charge in [0.05, 0.1) is 11.4 Å². The van der Waals surface area contributed by atoms with Crippen molar-refractivity contribution in [2.24, 2.45) is 0 Å². The second kappa shape index (κ2) is 7.64. The average molecular weight is 372 g/mol. The number of hydrogen-bond donors (Lipinski definition) is 3. The van der Waals surface area contributed by atoms with E-state index in [9.17, 15) is 9.18 Å². The number of nitrogens with one attached hydrogen (secondary N) is 2. The smallest absolute Gasteiger partial charge is 0.292 e. The van der Waals surface area contributed by atoms with Crippen LogP contribution in [0.25, 0.3) is 11.5 Å². The highest BCUT2D eigenvalue weighted by atomic mass is 19.1. The zero-order valence-electron chi connectivity index (χ0n) is 14.4. The largest absolute Gasteiger partial charge is 0.378 e. The Labute approximate surface area is 153 Å². The minimum absolute atomic E-state index is 0.0343. The maximum absolute atomic E-state index is 13.0. The molecule has 0 bridgehead atoms. The molecule has 11 heteroatoms. The van der Waals surface area contributed by atoms with Gasteiger partial charge in [-0.25, -0.2) is 9.02 Å². The lowest BCUT2D eigenvalue weighted by Crippen LogP contribution is -2.36. The molecule has 0 radical (unpaired) electrons. The molecule has 27 heavy (non-hydrogen) atoms. The average Bonchev–Trinajstić information content (AvgIpc) is 3.26. The Bertz CT molecular complexity index is 963. The van der Waals surface area contributed by atoms with E-state index < -0.39 is 5.91 Å². The quantitative estimate of drug-likeness (QED) is 0.527. The van der Waals surface area contributed by atoms with Crippen molar-refractivity contribution in [1.29, 1.82) is 0 Å². The summed E-state index contributed by atoms with van der Waals surface area (Å²) >= 11 is 0. The van der Waals surface area contributed by atoms with E-state index >= 15 is 0 Å². The van der Waals surface area contributed by atoms with Crippen LogP contribution in [0.3, 0.4) is 0 Å². The SMILES string of the molecule is C=C(NNC(=O)c1nnn(-c2nonc2N)c1CCC)c1ccc(F)cc1. The van der Waals surface area contributed by atoms with Crippen molar-refractivity contribution in [2.75, 3.05) is 5.73 Å². The highest BCUT2D eigenvalue weighted by molar-refractivity contribution is 5.93. The molecule has 3 rings (SSSR count). The first-order valence-electron chi connectivity index (χ1n) is 8.05. The van der Waals surface area contributed by atoms with Crippen LogP contribution in [0.4, 0.5) is 10.2 Å². The summed E-state index contributed by atoms with van der Waals surface area (Å²) in [4.78, 5) is 12.5. The first-order valence-corrected chi connectivity index (χ1v) is 8.05. The fourth-order valence-electron chi connectivity index (χ4n) is 2.36. The minimum atomic E-state index is -0.525. The number of anilines is 1. The molecule has 0 atom stereocenters. The van der Waals surface area contributed by atoms with Crippen LogP contribution in [0.1, 0.15) is 35.1 Å². The van der Waals surface area contributed by atoms with Crippen molar-refractivity contribution in [3.8, 4) is 5.82 Å². The van der Waals surface area contributed by atoms with Crippen molar-refractivity contribution in [2.45, 2.75) is 19.8 Å². The molecular formula is C16H17FN8O2. The highest BCUT2D eigenvalue weighted by Crippen LogP contribution is 2.17. The van der Waals surface area contributed by atoms with E-state index in [2.05, 4.69) is 42.7 Å². The monoisotopic (exact) mass is 372 g/mol. The zero-order chi connectivity index (χ0) is 19.4. The first-order chi connectivity index (χ1) is 13.0. The van der Waals surface area contributed by atoms with Crippen molar-refractivity contribution < 1.29 is 13.8 Å². The fourth-order valence-corrected chi connectivity index (χ4v) is 2.36. The number of hydrogen-bond acceptors (Lipinski definition) is 8. The maximum Gasteiger partial charge on any atom is 0.292 e. The molecular weight excluding hydrogens is 355 g/mol. The van der Waals surface area contributed by atoms with E-state index in [0.717, 1.165) is 6.42 Å². The van der Waals surface area contributed by atoms with E-state index in [4.69, 9.17) is 5.73 Å². The summed E-state index contributed by atoms with van der Waals surface area (Å²) in [6.07, 6.45) is 1.23. The van der Waals surface area contributed by atoms with Gasteiger partial charge in [0.25, 0.3) is 5.91 Å². The normalized spacial score (nSPS) is 10.6. The van der Waals surface area contributed by atoms with Gasteiger partial charge in [-0.05, 0) is 46.6 Å². The van der Waals surface area contributed by atoms with E-state index in [1.165, 1.54) is 28.9 Å². The number of carbonyl (C=O) groups excluding carboxylic acids is 1. The van der Waals surface area contributed by atoms with Crippen LogP contribution < -0.4 is 16.6 Å². The third-order valence-corrected chi connectivity index (χ3v) is 3.68. The van der Waals surface area contributed by atoms with Gasteiger partial charge in [-0.1, -0.05) is 25.1 Å². The van der Waals surface area contributed by atoms with Crippen LogP contribution in [-0.2, 0) is 6.42 Å². The van der Waals surface area contributed by atoms with E-state index in [0.29, 0.717) is 23.4 Å². The summed E-state index contributed by atoms with van der Waals surface area (Å²) in [7, 11) is 0. The molecule has 0 fully saturated rings. The number of benzene rings is 1. The molecule has 0 unspecified atom stereocenters. The van der Waals surface area contributed by atoms with Crippen molar-refractivity contribution in [3.63, 3.8) is 0 Å². The highest BCUT2D eigenvalue weighted by Gasteiger charge is 2.23. The molecule has 4 N–H and O–H groups in total. The number of nitrogen functional groups attached to an aromatic ring is 1.